The van der Waals surface area contributed by atoms with Gasteiger partial charge in [0.15, 0.2) is 0 Å². The lowest BCUT2D eigenvalue weighted by molar-refractivity contribution is 0.0956. The zero-order valence-corrected chi connectivity index (χ0v) is 18.4. The second-order valence-corrected chi connectivity index (χ2v) is 11.0. The van der Waals surface area contributed by atoms with Gasteiger partial charge in [0, 0.05) is 29.2 Å². The van der Waals surface area contributed by atoms with Crippen LogP contribution in [0.3, 0.4) is 0 Å². The first-order valence-electron chi connectivity index (χ1n) is 9.25. The molecule has 0 atom stereocenters. The molecule has 2 aromatic rings. The van der Waals surface area contributed by atoms with Crippen molar-refractivity contribution >= 4 is 33.4 Å². The van der Waals surface area contributed by atoms with Crippen LogP contribution >= 0.6 is 11.8 Å². The van der Waals surface area contributed by atoms with E-state index in [1.165, 1.54) is 4.31 Å². The van der Waals surface area contributed by atoms with E-state index in [9.17, 15) is 13.2 Å². The summed E-state index contributed by atoms with van der Waals surface area (Å²) in [7, 11) is -3.64. The lowest BCUT2D eigenvalue weighted by Gasteiger charge is -2.23. The van der Waals surface area contributed by atoms with Crippen molar-refractivity contribution in [1.29, 1.82) is 0 Å². The average Bonchev–Trinajstić information content (AvgIpc) is 2.66. The Kier molecular flexibility index (Phi) is 7.55. The first-order chi connectivity index (χ1) is 13.1. The summed E-state index contributed by atoms with van der Waals surface area (Å²) in [6, 6.07) is 15.0. The van der Waals surface area contributed by atoms with Crippen LogP contribution in [0.2, 0.25) is 0 Å². The Bertz CT molecular complexity index is 874. The number of thioether (sulfide) groups is 1. The van der Waals surface area contributed by atoms with Crippen molar-refractivity contribution < 1.29 is 13.2 Å². The molecule has 0 spiro atoms. The van der Waals surface area contributed by atoms with E-state index < -0.39 is 10.0 Å². The fourth-order valence-electron chi connectivity index (χ4n) is 2.61. The lowest BCUT2D eigenvalue weighted by atomic mass is 10.2. The molecule has 0 fully saturated rings. The van der Waals surface area contributed by atoms with E-state index in [1.54, 1.807) is 73.3 Å². The number of carbonyl (C=O) groups is 1. The van der Waals surface area contributed by atoms with Crippen LogP contribution in [0.25, 0.3) is 0 Å². The van der Waals surface area contributed by atoms with Crippen LogP contribution in [0.4, 0.5) is 5.69 Å². The van der Waals surface area contributed by atoms with Crippen molar-refractivity contribution in [2.24, 2.45) is 0 Å². The molecule has 0 unspecified atom stereocenters. The highest BCUT2D eigenvalue weighted by Gasteiger charge is 2.23. The number of amides is 1. The van der Waals surface area contributed by atoms with Gasteiger partial charge in [-0.2, -0.15) is 11.8 Å². The Labute approximate surface area is 172 Å². The maximum atomic E-state index is 12.9. The van der Waals surface area contributed by atoms with Gasteiger partial charge in [-0.25, -0.2) is 8.42 Å². The standard InChI is InChI=1S/C21H28N2O3S2/c1-5-23(28(25,26)19-9-7-6-8-10-19)18-13-11-17(12-14-18)20(24)22-15-16-27-21(2,3)4/h6-14H,5,15-16H2,1-4H3,(H,22,24). The predicted molar refractivity (Wildman–Crippen MR) is 118 cm³/mol. The molecule has 152 valence electrons. The second-order valence-electron chi connectivity index (χ2n) is 7.25. The molecule has 0 radical (unpaired) electrons. The minimum absolute atomic E-state index is 0.157. The van der Waals surface area contributed by atoms with Gasteiger partial charge < -0.3 is 5.32 Å². The number of anilines is 1. The molecule has 28 heavy (non-hydrogen) atoms. The second kappa shape index (κ2) is 9.47. The van der Waals surface area contributed by atoms with Crippen LogP contribution in [-0.4, -0.2) is 37.9 Å². The summed E-state index contributed by atoms with van der Waals surface area (Å²) < 4.78 is 27.3. The first kappa shape index (κ1) is 22.3. The molecule has 0 bridgehead atoms. The number of sulfonamides is 1. The summed E-state index contributed by atoms with van der Waals surface area (Å²) in [5.41, 5.74) is 1.05. The molecule has 2 aromatic carbocycles. The topological polar surface area (TPSA) is 66.5 Å². The Morgan fingerprint density at radius 3 is 2.18 bits per heavy atom. The largest absolute Gasteiger partial charge is 0.351 e. The fourth-order valence-corrected chi connectivity index (χ4v) is 4.93. The number of nitrogens with zero attached hydrogens (tertiary/aromatic N) is 1. The number of carbonyl (C=O) groups excluding carboxylic acids is 1. The molecule has 0 heterocycles. The zero-order valence-electron chi connectivity index (χ0n) is 16.8. The molecule has 0 saturated carbocycles. The van der Waals surface area contributed by atoms with Crippen LogP contribution < -0.4 is 9.62 Å². The normalized spacial score (nSPS) is 11.9. The van der Waals surface area contributed by atoms with Crippen LogP contribution in [-0.2, 0) is 10.0 Å². The van der Waals surface area contributed by atoms with Gasteiger partial charge in [-0.15, -0.1) is 0 Å². The first-order valence-corrected chi connectivity index (χ1v) is 11.7. The Morgan fingerprint density at radius 2 is 1.64 bits per heavy atom. The molecule has 7 heteroatoms. The van der Waals surface area contributed by atoms with Gasteiger partial charge in [-0.05, 0) is 43.3 Å². The van der Waals surface area contributed by atoms with Crippen LogP contribution in [0, 0.1) is 0 Å². The van der Waals surface area contributed by atoms with E-state index in [0.717, 1.165) is 5.75 Å². The number of hydrogen-bond acceptors (Lipinski definition) is 4. The third kappa shape index (κ3) is 6.01. The van der Waals surface area contributed by atoms with E-state index >= 15 is 0 Å². The highest BCUT2D eigenvalue weighted by Crippen LogP contribution is 2.24. The van der Waals surface area contributed by atoms with Crippen molar-refractivity contribution in [2.75, 3.05) is 23.1 Å². The van der Waals surface area contributed by atoms with Crippen LogP contribution in [0.5, 0.6) is 0 Å². The predicted octanol–water partition coefficient (Wildman–Crippen LogP) is 4.16. The van der Waals surface area contributed by atoms with Gasteiger partial charge in [0.1, 0.15) is 0 Å². The third-order valence-corrected chi connectivity index (χ3v) is 7.15. The number of hydrogen-bond donors (Lipinski definition) is 1. The fraction of sp³-hybridized carbons (Fsp3) is 0.381. The van der Waals surface area contributed by atoms with E-state index in [1.807, 2.05) is 0 Å². The molecule has 0 aliphatic heterocycles. The molecule has 5 nitrogen and oxygen atoms in total. The summed E-state index contributed by atoms with van der Waals surface area (Å²) in [6.45, 7) is 9.09. The SMILES string of the molecule is CCN(c1ccc(C(=O)NCCSC(C)(C)C)cc1)S(=O)(=O)c1ccccc1. The van der Waals surface area contributed by atoms with Crippen molar-refractivity contribution in [3.63, 3.8) is 0 Å². The molecule has 1 N–H and O–H groups in total. The van der Waals surface area contributed by atoms with Crippen LogP contribution in [0.1, 0.15) is 38.1 Å². The Balaban J connectivity index is 2.07. The highest BCUT2D eigenvalue weighted by atomic mass is 32.2. The van der Waals surface area contributed by atoms with E-state index in [-0.39, 0.29) is 15.5 Å². The van der Waals surface area contributed by atoms with Gasteiger partial charge in [0.25, 0.3) is 15.9 Å². The van der Waals surface area contributed by atoms with E-state index in [0.29, 0.717) is 24.3 Å². The van der Waals surface area contributed by atoms with Crippen LogP contribution in [0.15, 0.2) is 59.5 Å². The maximum Gasteiger partial charge on any atom is 0.264 e. The molecule has 0 saturated heterocycles. The third-order valence-electron chi connectivity index (χ3n) is 3.96. The molecule has 0 aromatic heterocycles. The van der Waals surface area contributed by atoms with Crippen molar-refractivity contribution in [1.82, 2.24) is 5.32 Å². The monoisotopic (exact) mass is 420 g/mol. The lowest BCUT2D eigenvalue weighted by Crippen LogP contribution is -2.31. The van der Waals surface area contributed by atoms with Gasteiger partial charge >= 0.3 is 0 Å². The van der Waals surface area contributed by atoms with Crippen molar-refractivity contribution in [3.8, 4) is 0 Å². The van der Waals surface area contributed by atoms with Gasteiger partial charge in [0.2, 0.25) is 0 Å². The van der Waals surface area contributed by atoms with Crippen molar-refractivity contribution in [3.05, 3.63) is 60.2 Å². The Hall–Kier alpha value is -1.99. The van der Waals surface area contributed by atoms with Gasteiger partial charge in [0.05, 0.1) is 10.6 Å². The summed E-state index contributed by atoms with van der Waals surface area (Å²) in [5, 5.41) is 2.90. The molecule has 0 aliphatic rings. The van der Waals surface area contributed by atoms with Gasteiger partial charge in [-0.1, -0.05) is 39.0 Å². The number of benzene rings is 2. The summed E-state index contributed by atoms with van der Waals surface area (Å²) in [4.78, 5) is 12.5. The summed E-state index contributed by atoms with van der Waals surface area (Å²) in [5.74, 6) is 0.682. The molecule has 0 aliphatic carbocycles. The minimum Gasteiger partial charge on any atom is -0.351 e. The number of nitrogens with one attached hydrogen (secondary N) is 1. The van der Waals surface area contributed by atoms with E-state index in [4.69, 9.17) is 0 Å². The van der Waals surface area contributed by atoms with Crippen molar-refractivity contribution in [2.45, 2.75) is 37.3 Å². The summed E-state index contributed by atoms with van der Waals surface area (Å²) >= 11 is 1.79. The van der Waals surface area contributed by atoms with Gasteiger partial charge in [-0.3, -0.25) is 9.10 Å². The van der Waals surface area contributed by atoms with E-state index in [2.05, 4.69) is 26.1 Å². The smallest absolute Gasteiger partial charge is 0.264 e. The Morgan fingerprint density at radius 1 is 1.04 bits per heavy atom. The molecule has 2 rings (SSSR count). The molecule has 1 amide bonds. The molecular formula is C21H28N2O3S2. The zero-order chi connectivity index (χ0) is 20.8. The summed E-state index contributed by atoms with van der Waals surface area (Å²) in [6.07, 6.45) is 0. The average molecular weight is 421 g/mol. The maximum absolute atomic E-state index is 12.9. The quantitative estimate of drug-likeness (QED) is 0.651. The molecular weight excluding hydrogens is 392 g/mol. The number of rotatable bonds is 8. The minimum atomic E-state index is -3.64. The highest BCUT2D eigenvalue weighted by molar-refractivity contribution is 8.00.